The van der Waals surface area contributed by atoms with Crippen LogP contribution in [-0.2, 0) is 26.0 Å². The van der Waals surface area contributed by atoms with Crippen molar-refractivity contribution in [2.24, 2.45) is 0 Å². The van der Waals surface area contributed by atoms with Gasteiger partial charge in [-0.05, 0) is 16.5 Å². The number of benzene rings is 1. The number of nitrogens with zero attached hydrogens (tertiary/aromatic N) is 1. The van der Waals surface area contributed by atoms with E-state index in [0.29, 0.717) is 5.56 Å². The van der Waals surface area contributed by atoms with Crippen LogP contribution in [0.2, 0.25) is 0 Å². The Balaban J connectivity index is 2.96. The molecule has 0 aliphatic rings. The highest BCUT2D eigenvalue weighted by molar-refractivity contribution is 7.88. The molecule has 0 N–H and O–H groups in total. The minimum absolute atomic E-state index is 0.0728. The molecule has 0 saturated carbocycles. The molecule has 0 spiro atoms. The van der Waals surface area contributed by atoms with Crippen molar-refractivity contribution in [3.05, 3.63) is 35.4 Å². The molecule has 1 aromatic carbocycles. The van der Waals surface area contributed by atoms with Crippen LogP contribution in [0.3, 0.4) is 0 Å². The normalized spacial score (nSPS) is 12.7. The average molecular weight is 298 g/mol. The van der Waals surface area contributed by atoms with Crippen molar-refractivity contribution in [2.75, 3.05) is 13.6 Å². The van der Waals surface area contributed by atoms with Crippen LogP contribution in [0.5, 0.6) is 0 Å². The zero-order valence-corrected chi connectivity index (χ0v) is 13.0. The maximum absolute atomic E-state index is 12.0. The van der Waals surface area contributed by atoms with Crippen molar-refractivity contribution >= 4 is 16.0 Å². The Bertz CT molecular complexity index is 587. The van der Waals surface area contributed by atoms with E-state index in [0.717, 1.165) is 9.87 Å². The Labute approximate surface area is 120 Å². The molecule has 0 aromatic heterocycles. The first kappa shape index (κ1) is 16.7. The van der Waals surface area contributed by atoms with Gasteiger partial charge in [0.25, 0.3) is 0 Å². The first-order valence-corrected chi connectivity index (χ1v) is 7.86. The molecule has 0 amide bonds. The smallest absolute Gasteiger partial charge is 0.218 e. The SMILES string of the molecule is CN(CC(=O)[O-])S(=O)(=O)Cc1cccc(C(C)(C)C)c1. The minimum Gasteiger partial charge on any atom is -0.549 e. The highest BCUT2D eigenvalue weighted by atomic mass is 32.2. The second-order valence-corrected chi connectivity index (χ2v) is 7.91. The summed E-state index contributed by atoms with van der Waals surface area (Å²) in [7, 11) is -2.42. The molecule has 1 rings (SSSR count). The van der Waals surface area contributed by atoms with Gasteiger partial charge in [0.15, 0.2) is 0 Å². The van der Waals surface area contributed by atoms with Gasteiger partial charge in [0, 0.05) is 7.05 Å². The zero-order chi connectivity index (χ0) is 15.6. The molecular formula is C14H20NO4S-. The van der Waals surface area contributed by atoms with E-state index in [1.807, 2.05) is 39.0 Å². The van der Waals surface area contributed by atoms with Crippen molar-refractivity contribution in [3.8, 4) is 0 Å². The van der Waals surface area contributed by atoms with Crippen LogP contribution < -0.4 is 5.11 Å². The van der Waals surface area contributed by atoms with Crippen LogP contribution in [0.25, 0.3) is 0 Å². The van der Waals surface area contributed by atoms with E-state index >= 15 is 0 Å². The molecule has 0 aliphatic carbocycles. The lowest BCUT2D eigenvalue weighted by molar-refractivity contribution is -0.305. The summed E-state index contributed by atoms with van der Waals surface area (Å²) >= 11 is 0. The van der Waals surface area contributed by atoms with Crippen LogP contribution in [0.1, 0.15) is 31.9 Å². The fraction of sp³-hybridized carbons (Fsp3) is 0.500. The molecule has 1 aromatic rings. The standard InChI is InChI=1S/C14H21NO4S/c1-14(2,3)12-7-5-6-11(8-12)10-20(18,19)15(4)9-13(16)17/h5-8H,9-10H2,1-4H3,(H,16,17)/p-1. The first-order valence-electron chi connectivity index (χ1n) is 6.25. The lowest BCUT2D eigenvalue weighted by Gasteiger charge is -2.21. The monoisotopic (exact) mass is 298 g/mol. The molecular weight excluding hydrogens is 278 g/mol. The quantitative estimate of drug-likeness (QED) is 0.793. The summed E-state index contributed by atoms with van der Waals surface area (Å²) in [4.78, 5) is 10.5. The van der Waals surface area contributed by atoms with Crippen molar-refractivity contribution in [2.45, 2.75) is 31.9 Å². The fourth-order valence-electron chi connectivity index (χ4n) is 1.73. The lowest BCUT2D eigenvalue weighted by Crippen LogP contribution is -2.39. The molecule has 112 valence electrons. The summed E-state index contributed by atoms with van der Waals surface area (Å²) in [6.45, 7) is 5.50. The highest BCUT2D eigenvalue weighted by Crippen LogP contribution is 2.23. The maximum Gasteiger partial charge on any atom is 0.218 e. The summed E-state index contributed by atoms with van der Waals surface area (Å²) in [5.41, 5.74) is 1.60. The number of carbonyl (C=O) groups is 1. The van der Waals surface area contributed by atoms with Gasteiger partial charge in [-0.15, -0.1) is 0 Å². The Morgan fingerprint density at radius 3 is 2.40 bits per heavy atom. The Morgan fingerprint density at radius 1 is 1.30 bits per heavy atom. The third-order valence-corrected chi connectivity index (χ3v) is 4.75. The molecule has 0 unspecified atom stereocenters. The summed E-state index contributed by atoms with van der Waals surface area (Å²) in [5.74, 6) is -1.64. The summed E-state index contributed by atoms with van der Waals surface area (Å²) in [5, 5.41) is 10.5. The number of hydrogen-bond donors (Lipinski definition) is 0. The lowest BCUT2D eigenvalue weighted by atomic mass is 9.86. The largest absolute Gasteiger partial charge is 0.549 e. The van der Waals surface area contributed by atoms with Gasteiger partial charge >= 0.3 is 0 Å². The minimum atomic E-state index is -3.66. The second-order valence-electron chi connectivity index (χ2n) is 5.83. The molecule has 0 heterocycles. The van der Waals surface area contributed by atoms with Gasteiger partial charge < -0.3 is 9.90 Å². The average Bonchev–Trinajstić information content (AvgIpc) is 2.26. The molecule has 0 atom stereocenters. The first-order chi connectivity index (χ1) is 9.02. The van der Waals surface area contributed by atoms with E-state index in [4.69, 9.17) is 0 Å². The van der Waals surface area contributed by atoms with E-state index in [-0.39, 0.29) is 11.2 Å². The van der Waals surface area contributed by atoms with Gasteiger partial charge in [-0.1, -0.05) is 45.0 Å². The van der Waals surface area contributed by atoms with Crippen LogP contribution in [0.4, 0.5) is 0 Å². The zero-order valence-electron chi connectivity index (χ0n) is 12.2. The van der Waals surface area contributed by atoms with Crippen molar-refractivity contribution in [1.82, 2.24) is 4.31 Å². The van der Waals surface area contributed by atoms with Crippen LogP contribution in [0.15, 0.2) is 24.3 Å². The number of hydrogen-bond acceptors (Lipinski definition) is 4. The van der Waals surface area contributed by atoms with Crippen LogP contribution in [0, 0.1) is 0 Å². The van der Waals surface area contributed by atoms with Gasteiger partial charge in [0.1, 0.15) is 0 Å². The number of carbonyl (C=O) groups excluding carboxylic acids is 1. The van der Waals surface area contributed by atoms with Gasteiger partial charge in [-0.2, -0.15) is 4.31 Å². The number of carboxylic acid groups (broad SMARTS) is 1. The van der Waals surface area contributed by atoms with Crippen LogP contribution >= 0.6 is 0 Å². The van der Waals surface area contributed by atoms with E-state index in [1.165, 1.54) is 7.05 Å². The third-order valence-electron chi connectivity index (χ3n) is 2.97. The number of sulfonamides is 1. The Morgan fingerprint density at radius 2 is 1.90 bits per heavy atom. The third kappa shape index (κ3) is 4.61. The molecule has 0 saturated heterocycles. The number of aliphatic carboxylic acids is 1. The van der Waals surface area contributed by atoms with Gasteiger partial charge in [0.05, 0.1) is 18.3 Å². The maximum atomic E-state index is 12.0. The summed E-state index contributed by atoms with van der Waals surface area (Å²) in [6, 6.07) is 7.31. The van der Waals surface area contributed by atoms with E-state index < -0.39 is 22.5 Å². The molecule has 0 radical (unpaired) electrons. The Hall–Kier alpha value is -1.40. The highest BCUT2D eigenvalue weighted by Gasteiger charge is 2.20. The van der Waals surface area contributed by atoms with E-state index in [1.54, 1.807) is 6.07 Å². The van der Waals surface area contributed by atoms with Crippen molar-refractivity contribution < 1.29 is 18.3 Å². The Kier molecular flexibility index (Phi) is 4.94. The van der Waals surface area contributed by atoms with E-state index in [9.17, 15) is 18.3 Å². The van der Waals surface area contributed by atoms with Gasteiger partial charge in [-0.3, -0.25) is 0 Å². The number of rotatable bonds is 5. The van der Waals surface area contributed by atoms with Crippen molar-refractivity contribution in [1.29, 1.82) is 0 Å². The predicted octanol–water partition coefficient (Wildman–Crippen LogP) is 0.496. The number of carboxylic acids is 1. The predicted molar refractivity (Wildman–Crippen MR) is 75.4 cm³/mol. The molecule has 0 aliphatic heterocycles. The van der Waals surface area contributed by atoms with Crippen LogP contribution in [-0.4, -0.2) is 32.3 Å². The molecule has 20 heavy (non-hydrogen) atoms. The number of likely N-dealkylation sites (N-methyl/N-ethyl adjacent to an activating group) is 1. The van der Waals surface area contributed by atoms with Gasteiger partial charge in [-0.25, -0.2) is 8.42 Å². The fourth-order valence-corrected chi connectivity index (χ4v) is 2.85. The molecule has 6 heteroatoms. The van der Waals surface area contributed by atoms with Crippen molar-refractivity contribution in [3.63, 3.8) is 0 Å². The molecule has 5 nitrogen and oxygen atoms in total. The van der Waals surface area contributed by atoms with E-state index in [2.05, 4.69) is 0 Å². The summed E-state index contributed by atoms with van der Waals surface area (Å²) < 4.78 is 24.9. The summed E-state index contributed by atoms with van der Waals surface area (Å²) in [6.07, 6.45) is 0. The molecule has 0 bridgehead atoms. The second kappa shape index (κ2) is 5.93. The molecule has 0 fully saturated rings. The van der Waals surface area contributed by atoms with Gasteiger partial charge in [0.2, 0.25) is 10.0 Å². The topological polar surface area (TPSA) is 77.5 Å².